The molecule has 1 aliphatic rings. The lowest BCUT2D eigenvalue weighted by atomic mass is 10.00. The van der Waals surface area contributed by atoms with Crippen molar-refractivity contribution in [2.45, 2.75) is 45.4 Å². The van der Waals surface area contributed by atoms with Crippen LogP contribution in [0, 0.1) is 0 Å². The number of nitrogens with zero attached hydrogens (tertiary/aromatic N) is 5. The molecule has 9 nitrogen and oxygen atoms in total. The van der Waals surface area contributed by atoms with E-state index in [4.69, 9.17) is 4.74 Å². The standard InChI is InChI=1S/C33H35F3N6O3S/c1-22(2)28-20-27(44-3)15-16-29(28)41-18-19-46-32(41)39-31(43)37-17-5-4-6-23-7-9-24(10-8-23)30-38-21-42(40-30)25-11-13-26(14-12-25)45-33(34,35)36/h7-16,20-22H,4-6,17-19H2,1-3H3,(H,37,43). The molecule has 1 aliphatic heterocycles. The van der Waals surface area contributed by atoms with E-state index >= 15 is 0 Å². The number of carbonyl (C=O) groups excluding carboxylic acids is 1. The third-order valence-electron chi connectivity index (χ3n) is 7.33. The third kappa shape index (κ3) is 8.59. The first-order valence-corrected chi connectivity index (χ1v) is 15.9. The molecule has 13 heteroatoms. The number of unbranched alkanes of at least 4 members (excludes halogenated alkanes) is 1. The van der Waals surface area contributed by atoms with E-state index < -0.39 is 6.36 Å². The van der Waals surface area contributed by atoms with Gasteiger partial charge in [-0.15, -0.1) is 18.3 Å². The van der Waals surface area contributed by atoms with Gasteiger partial charge in [-0.05, 0) is 78.8 Å². The minimum atomic E-state index is -4.74. The molecule has 1 saturated heterocycles. The van der Waals surface area contributed by atoms with E-state index in [2.05, 4.69) is 43.9 Å². The van der Waals surface area contributed by atoms with Gasteiger partial charge in [0.15, 0.2) is 11.0 Å². The number of hydrogen-bond donors (Lipinski definition) is 1. The highest BCUT2D eigenvalue weighted by atomic mass is 32.2. The van der Waals surface area contributed by atoms with Crippen LogP contribution in [0.3, 0.4) is 0 Å². The summed E-state index contributed by atoms with van der Waals surface area (Å²) >= 11 is 1.58. The predicted molar refractivity (Wildman–Crippen MR) is 174 cm³/mol. The quantitative estimate of drug-likeness (QED) is 0.167. The van der Waals surface area contributed by atoms with Crippen molar-refractivity contribution in [1.29, 1.82) is 0 Å². The van der Waals surface area contributed by atoms with Crippen molar-refractivity contribution in [3.8, 4) is 28.6 Å². The summed E-state index contributed by atoms with van der Waals surface area (Å²) in [6, 6.07) is 19.0. The Balaban J connectivity index is 1.08. The summed E-state index contributed by atoms with van der Waals surface area (Å²) in [5.74, 6) is 2.16. The SMILES string of the molecule is COc1ccc(N2CCSC2=NC(=O)NCCCCc2ccc(-c3ncn(-c4ccc(OC(F)(F)F)cc4)n3)cc2)c(C(C)C)c1. The van der Waals surface area contributed by atoms with Crippen molar-refractivity contribution in [3.63, 3.8) is 0 Å². The van der Waals surface area contributed by atoms with Gasteiger partial charge in [0.25, 0.3) is 0 Å². The fourth-order valence-corrected chi connectivity index (χ4v) is 5.95. The maximum atomic E-state index is 12.6. The first-order valence-electron chi connectivity index (χ1n) is 14.9. The molecular formula is C33H35F3N6O3S. The highest BCUT2D eigenvalue weighted by molar-refractivity contribution is 8.14. The number of hydrogen-bond acceptors (Lipinski definition) is 6. The Labute approximate surface area is 269 Å². The van der Waals surface area contributed by atoms with Gasteiger partial charge in [0.05, 0.1) is 12.8 Å². The largest absolute Gasteiger partial charge is 0.573 e. The van der Waals surface area contributed by atoms with Crippen molar-refractivity contribution < 1.29 is 27.4 Å². The van der Waals surface area contributed by atoms with Crippen LogP contribution in [0.4, 0.5) is 23.7 Å². The lowest BCUT2D eigenvalue weighted by Gasteiger charge is -2.23. The fraction of sp³-hybridized carbons (Fsp3) is 0.333. The van der Waals surface area contributed by atoms with Gasteiger partial charge < -0.3 is 19.7 Å². The number of amidine groups is 1. The topological polar surface area (TPSA) is 93.9 Å². The van der Waals surface area contributed by atoms with Crippen molar-refractivity contribution in [2.24, 2.45) is 4.99 Å². The number of halogens is 3. The van der Waals surface area contributed by atoms with Crippen molar-refractivity contribution in [3.05, 3.63) is 84.2 Å². The number of carbonyl (C=O) groups is 1. The summed E-state index contributed by atoms with van der Waals surface area (Å²) in [4.78, 5) is 23.5. The highest BCUT2D eigenvalue weighted by Crippen LogP contribution is 2.35. The maximum Gasteiger partial charge on any atom is 0.573 e. The number of nitrogens with one attached hydrogen (secondary N) is 1. The number of alkyl halides is 3. The van der Waals surface area contributed by atoms with Gasteiger partial charge in [0.2, 0.25) is 0 Å². The Bertz CT molecular complexity index is 1660. The first kappa shape index (κ1) is 32.9. The number of methoxy groups -OCH3 is 1. The molecule has 0 saturated carbocycles. The molecule has 0 spiro atoms. The number of rotatable bonds is 11. The third-order valence-corrected chi connectivity index (χ3v) is 8.29. The molecule has 0 radical (unpaired) electrons. The number of aryl methyl sites for hydroxylation is 1. The van der Waals surface area contributed by atoms with E-state index in [1.807, 2.05) is 42.5 Å². The molecule has 3 aromatic carbocycles. The smallest absolute Gasteiger partial charge is 0.497 e. The summed E-state index contributed by atoms with van der Waals surface area (Å²) in [6.07, 6.45) is -0.690. The van der Waals surface area contributed by atoms with E-state index in [-0.39, 0.29) is 11.8 Å². The highest BCUT2D eigenvalue weighted by Gasteiger charge is 2.31. The number of aromatic nitrogens is 3. The van der Waals surface area contributed by atoms with Crippen LogP contribution in [-0.4, -0.2) is 58.3 Å². The number of aliphatic imine (C=N–C) groups is 1. The summed E-state index contributed by atoms with van der Waals surface area (Å²) < 4.78 is 48.0. The molecule has 2 amide bonds. The molecular weight excluding hydrogens is 617 g/mol. The molecule has 5 rings (SSSR count). The van der Waals surface area contributed by atoms with E-state index in [0.717, 1.165) is 59.7 Å². The van der Waals surface area contributed by atoms with Crippen molar-refractivity contribution in [1.82, 2.24) is 20.1 Å². The van der Waals surface area contributed by atoms with Crippen LogP contribution in [0.25, 0.3) is 17.1 Å². The van der Waals surface area contributed by atoms with Crippen LogP contribution >= 0.6 is 11.8 Å². The second kappa shape index (κ2) is 14.7. The van der Waals surface area contributed by atoms with Crippen LogP contribution < -0.4 is 19.7 Å². The summed E-state index contributed by atoms with van der Waals surface area (Å²) in [5, 5.41) is 8.07. The summed E-state index contributed by atoms with van der Waals surface area (Å²) in [6.45, 7) is 5.60. The minimum Gasteiger partial charge on any atom is -0.497 e. The van der Waals surface area contributed by atoms with Crippen LogP contribution in [0.5, 0.6) is 11.5 Å². The number of ether oxygens (including phenoxy) is 2. The monoisotopic (exact) mass is 652 g/mol. The van der Waals surface area contributed by atoms with Gasteiger partial charge in [-0.2, -0.15) is 4.99 Å². The average molecular weight is 653 g/mol. The molecule has 1 N–H and O–H groups in total. The van der Waals surface area contributed by atoms with Crippen molar-refractivity contribution in [2.75, 3.05) is 30.9 Å². The zero-order chi connectivity index (χ0) is 32.7. The van der Waals surface area contributed by atoms with Gasteiger partial charge in [-0.25, -0.2) is 14.5 Å². The van der Waals surface area contributed by atoms with Crippen LogP contribution in [0.15, 0.2) is 78.0 Å². The number of anilines is 1. The molecule has 0 unspecified atom stereocenters. The maximum absolute atomic E-state index is 12.6. The van der Waals surface area contributed by atoms with Crippen LogP contribution in [0.1, 0.15) is 43.7 Å². The molecule has 0 aliphatic carbocycles. The Morgan fingerprint density at radius 3 is 2.48 bits per heavy atom. The number of urea groups is 1. The minimum absolute atomic E-state index is 0.293. The summed E-state index contributed by atoms with van der Waals surface area (Å²) in [5.41, 5.74) is 4.73. The molecule has 4 aromatic rings. The van der Waals surface area contributed by atoms with E-state index in [1.165, 1.54) is 35.3 Å². The molecule has 2 heterocycles. The van der Waals surface area contributed by atoms with Gasteiger partial charge >= 0.3 is 12.4 Å². The molecule has 46 heavy (non-hydrogen) atoms. The molecule has 0 bridgehead atoms. The van der Waals surface area contributed by atoms with Crippen LogP contribution in [-0.2, 0) is 6.42 Å². The summed E-state index contributed by atoms with van der Waals surface area (Å²) in [7, 11) is 1.66. The van der Waals surface area contributed by atoms with Crippen molar-refractivity contribution >= 4 is 28.6 Å². The van der Waals surface area contributed by atoms with Gasteiger partial charge in [0.1, 0.15) is 17.8 Å². The predicted octanol–water partition coefficient (Wildman–Crippen LogP) is 7.61. The normalized spacial score (nSPS) is 14.2. The Morgan fingerprint density at radius 1 is 1.04 bits per heavy atom. The number of thioether (sulfide) groups is 1. The molecule has 242 valence electrons. The lowest BCUT2D eigenvalue weighted by molar-refractivity contribution is -0.274. The van der Waals surface area contributed by atoms with E-state index in [1.54, 1.807) is 18.9 Å². The van der Waals surface area contributed by atoms with Crippen LogP contribution in [0.2, 0.25) is 0 Å². The zero-order valence-corrected chi connectivity index (χ0v) is 26.6. The molecule has 1 fully saturated rings. The average Bonchev–Trinajstić information content (AvgIpc) is 3.71. The zero-order valence-electron chi connectivity index (χ0n) is 25.8. The molecule has 1 aromatic heterocycles. The second-order valence-corrected chi connectivity index (χ2v) is 12.0. The van der Waals surface area contributed by atoms with E-state index in [0.29, 0.717) is 29.1 Å². The Kier molecular flexibility index (Phi) is 10.5. The lowest BCUT2D eigenvalue weighted by Crippen LogP contribution is -2.28. The molecule has 0 atom stereocenters. The van der Waals surface area contributed by atoms with E-state index in [9.17, 15) is 18.0 Å². The fourth-order valence-electron chi connectivity index (χ4n) is 5.00. The van der Waals surface area contributed by atoms with Gasteiger partial charge in [-0.1, -0.05) is 49.9 Å². The second-order valence-electron chi connectivity index (χ2n) is 10.9. The van der Waals surface area contributed by atoms with Gasteiger partial charge in [0, 0.05) is 30.1 Å². The number of amides is 2. The Hall–Kier alpha value is -4.52. The number of benzene rings is 3. The van der Waals surface area contributed by atoms with Gasteiger partial charge in [-0.3, -0.25) is 0 Å². The first-order chi connectivity index (χ1) is 22.1. The Morgan fingerprint density at radius 2 is 1.78 bits per heavy atom.